The molecule has 0 aliphatic heterocycles. The van der Waals surface area contributed by atoms with Gasteiger partial charge in [-0.25, -0.2) is 18.8 Å². The number of benzene rings is 2. The highest BCUT2D eigenvalue weighted by Gasteiger charge is 2.38. The molecule has 2 atom stereocenters. The number of nitrogens with zero attached hydrogens (tertiary/aromatic N) is 2. The lowest BCUT2D eigenvalue weighted by Gasteiger charge is -2.32. The van der Waals surface area contributed by atoms with Gasteiger partial charge in [0, 0.05) is 19.9 Å². The number of nitriles is 1. The van der Waals surface area contributed by atoms with Crippen LogP contribution in [0.5, 0.6) is 0 Å². The van der Waals surface area contributed by atoms with Crippen molar-refractivity contribution in [2.24, 2.45) is 0 Å². The number of hydrogen-bond acceptors (Lipinski definition) is 7. The van der Waals surface area contributed by atoms with Crippen LogP contribution in [0, 0.1) is 11.3 Å². The van der Waals surface area contributed by atoms with Crippen molar-refractivity contribution in [1.29, 1.82) is 5.26 Å². The van der Waals surface area contributed by atoms with Crippen molar-refractivity contribution in [3.05, 3.63) is 71.3 Å². The molecule has 0 spiro atoms. The highest BCUT2D eigenvalue weighted by Crippen LogP contribution is 2.23. The Labute approximate surface area is 223 Å². The van der Waals surface area contributed by atoms with Crippen LogP contribution in [0.15, 0.2) is 54.6 Å². The van der Waals surface area contributed by atoms with E-state index in [1.165, 1.54) is 20.9 Å². The molecule has 0 heterocycles. The average Bonchev–Trinajstić information content (AvgIpc) is 2.84. The van der Waals surface area contributed by atoms with Crippen LogP contribution in [-0.2, 0) is 36.8 Å². The summed E-state index contributed by atoms with van der Waals surface area (Å²) < 4.78 is 31.0. The Hall–Kier alpha value is -3.93. The largest absolute Gasteiger partial charge is 0.458 e. The molecule has 204 valence electrons. The molecule has 0 aliphatic rings. The number of halogens is 1. The molecule has 0 aromatic heterocycles. The number of amides is 1. The quantitative estimate of drug-likeness (QED) is 0.312. The molecule has 2 aromatic rings. The first-order chi connectivity index (χ1) is 17.7. The van der Waals surface area contributed by atoms with E-state index < -0.39 is 41.4 Å². The van der Waals surface area contributed by atoms with Crippen LogP contribution < -0.4 is 0 Å². The topological polar surface area (TPSA) is 106 Å². The summed E-state index contributed by atoms with van der Waals surface area (Å²) in [6.07, 6.45) is -2.65. The Morgan fingerprint density at radius 2 is 1.55 bits per heavy atom. The van der Waals surface area contributed by atoms with E-state index in [4.69, 9.17) is 19.5 Å². The molecule has 2 rings (SSSR count). The SMILES string of the molecule is CN(C(=O)OC(C)(C)C)[C@@H](CC(C)(C)F)C(=O)O[C@H](Cc1ccc(C#N)cc1)C(=O)OCc1ccccc1. The second-order valence-electron chi connectivity index (χ2n) is 10.6. The van der Waals surface area contributed by atoms with Crippen molar-refractivity contribution in [1.82, 2.24) is 4.90 Å². The van der Waals surface area contributed by atoms with Gasteiger partial charge in [0.15, 0.2) is 0 Å². The number of carbonyl (C=O) groups excluding carboxylic acids is 3. The van der Waals surface area contributed by atoms with E-state index >= 15 is 0 Å². The van der Waals surface area contributed by atoms with Crippen LogP contribution in [0.3, 0.4) is 0 Å². The minimum Gasteiger partial charge on any atom is -0.458 e. The normalized spacial score (nSPS) is 13.0. The van der Waals surface area contributed by atoms with Crippen molar-refractivity contribution < 1.29 is 33.0 Å². The van der Waals surface area contributed by atoms with Crippen molar-refractivity contribution in [3.63, 3.8) is 0 Å². The Bertz CT molecular complexity index is 1130. The zero-order valence-corrected chi connectivity index (χ0v) is 22.7. The average molecular weight is 527 g/mol. The van der Waals surface area contributed by atoms with Crippen LogP contribution in [-0.4, -0.2) is 53.4 Å². The van der Waals surface area contributed by atoms with Crippen molar-refractivity contribution >= 4 is 18.0 Å². The van der Waals surface area contributed by atoms with Crippen molar-refractivity contribution in [2.45, 2.75) is 77.5 Å². The lowest BCUT2D eigenvalue weighted by molar-refractivity contribution is -0.172. The lowest BCUT2D eigenvalue weighted by atomic mass is 10.00. The number of likely N-dealkylation sites (N-methyl/N-ethyl adjacent to an activating group) is 1. The summed E-state index contributed by atoms with van der Waals surface area (Å²) >= 11 is 0. The fourth-order valence-corrected chi connectivity index (χ4v) is 3.44. The van der Waals surface area contributed by atoms with E-state index in [2.05, 4.69) is 0 Å². The summed E-state index contributed by atoms with van der Waals surface area (Å²) in [6, 6.07) is 16.1. The van der Waals surface area contributed by atoms with Crippen LogP contribution in [0.1, 0.15) is 57.7 Å². The summed E-state index contributed by atoms with van der Waals surface area (Å²) in [4.78, 5) is 40.0. The molecule has 38 heavy (non-hydrogen) atoms. The minimum absolute atomic E-state index is 0.0418. The lowest BCUT2D eigenvalue weighted by Crippen LogP contribution is -2.49. The predicted molar refractivity (Wildman–Crippen MR) is 139 cm³/mol. The van der Waals surface area contributed by atoms with Gasteiger partial charge in [0.1, 0.15) is 23.9 Å². The predicted octanol–water partition coefficient (Wildman–Crippen LogP) is 5.13. The second kappa shape index (κ2) is 13.0. The molecule has 0 fully saturated rings. The molecule has 0 N–H and O–H groups in total. The smallest absolute Gasteiger partial charge is 0.410 e. The molecule has 0 saturated heterocycles. The molecule has 0 aliphatic carbocycles. The molecule has 0 bridgehead atoms. The molecule has 9 heteroatoms. The third-order valence-corrected chi connectivity index (χ3v) is 5.35. The Morgan fingerprint density at radius 1 is 0.947 bits per heavy atom. The van der Waals surface area contributed by atoms with Gasteiger partial charge in [0.2, 0.25) is 6.10 Å². The number of rotatable bonds is 10. The number of hydrogen-bond donors (Lipinski definition) is 0. The maximum atomic E-state index is 14.7. The van der Waals surface area contributed by atoms with Crippen LogP contribution >= 0.6 is 0 Å². The van der Waals surface area contributed by atoms with Crippen LogP contribution in [0.2, 0.25) is 0 Å². The van der Waals surface area contributed by atoms with Gasteiger partial charge in [0.05, 0.1) is 11.6 Å². The Morgan fingerprint density at radius 3 is 2.08 bits per heavy atom. The van der Waals surface area contributed by atoms with Crippen LogP contribution in [0.4, 0.5) is 9.18 Å². The first kappa shape index (κ1) is 30.3. The third kappa shape index (κ3) is 10.2. The van der Waals surface area contributed by atoms with E-state index in [9.17, 15) is 18.8 Å². The van der Waals surface area contributed by atoms with Gasteiger partial charge in [0.25, 0.3) is 0 Å². The van der Waals surface area contributed by atoms with E-state index in [0.717, 1.165) is 10.5 Å². The molecule has 1 amide bonds. The standard InChI is InChI=1S/C29H35FN2O6/c1-28(2,3)38-27(35)32(6)23(17-29(4,5)30)25(33)37-24(16-20-12-14-21(18-31)15-13-20)26(34)36-19-22-10-8-7-9-11-22/h7-15,23-24H,16-17,19H2,1-6H3/t23-,24+/m0/s1. The van der Waals surface area contributed by atoms with Gasteiger partial charge < -0.3 is 14.2 Å². The molecule has 0 saturated carbocycles. The zero-order valence-electron chi connectivity index (χ0n) is 22.7. The summed E-state index contributed by atoms with van der Waals surface area (Å²) in [5.41, 5.74) is -0.897. The highest BCUT2D eigenvalue weighted by molar-refractivity contribution is 5.85. The fourth-order valence-electron chi connectivity index (χ4n) is 3.44. The number of alkyl halides is 1. The van der Waals surface area contributed by atoms with Gasteiger partial charge >= 0.3 is 18.0 Å². The number of ether oxygens (including phenoxy) is 3. The second-order valence-corrected chi connectivity index (χ2v) is 10.6. The summed E-state index contributed by atoms with van der Waals surface area (Å²) in [6.45, 7) is 7.52. The summed E-state index contributed by atoms with van der Waals surface area (Å²) in [7, 11) is 1.31. The van der Waals surface area contributed by atoms with E-state index in [-0.39, 0.29) is 19.4 Å². The first-order valence-corrected chi connectivity index (χ1v) is 12.2. The van der Waals surface area contributed by atoms with Gasteiger partial charge in [-0.05, 0) is 57.9 Å². The van der Waals surface area contributed by atoms with Gasteiger partial charge in [-0.3, -0.25) is 4.90 Å². The molecule has 8 nitrogen and oxygen atoms in total. The van der Waals surface area contributed by atoms with Gasteiger partial charge in [-0.1, -0.05) is 42.5 Å². The molecule has 0 unspecified atom stereocenters. The van der Waals surface area contributed by atoms with Crippen molar-refractivity contribution in [2.75, 3.05) is 7.05 Å². The van der Waals surface area contributed by atoms with Gasteiger partial charge in [-0.15, -0.1) is 0 Å². The number of esters is 2. The van der Waals surface area contributed by atoms with E-state index in [0.29, 0.717) is 11.1 Å². The molecular formula is C29H35FN2O6. The summed E-state index contributed by atoms with van der Waals surface area (Å²) in [5, 5.41) is 9.05. The molecule has 2 aromatic carbocycles. The van der Waals surface area contributed by atoms with E-state index in [1.54, 1.807) is 69.3 Å². The number of carbonyl (C=O) groups is 3. The Balaban J connectivity index is 2.29. The molecule has 0 radical (unpaired) electrons. The Kier molecular flexibility index (Phi) is 10.4. The minimum atomic E-state index is -1.84. The summed E-state index contributed by atoms with van der Waals surface area (Å²) in [5.74, 6) is -1.77. The van der Waals surface area contributed by atoms with Crippen LogP contribution in [0.25, 0.3) is 0 Å². The first-order valence-electron chi connectivity index (χ1n) is 12.2. The highest BCUT2D eigenvalue weighted by atomic mass is 19.1. The van der Waals surface area contributed by atoms with Gasteiger partial charge in [-0.2, -0.15) is 5.26 Å². The fraction of sp³-hybridized carbons (Fsp3) is 0.448. The maximum Gasteiger partial charge on any atom is 0.410 e. The molecular weight excluding hydrogens is 491 g/mol. The zero-order chi connectivity index (χ0) is 28.5. The van der Waals surface area contributed by atoms with E-state index in [1.807, 2.05) is 12.1 Å². The maximum absolute atomic E-state index is 14.7. The monoisotopic (exact) mass is 526 g/mol. The van der Waals surface area contributed by atoms with Crippen molar-refractivity contribution in [3.8, 4) is 6.07 Å². The third-order valence-electron chi connectivity index (χ3n) is 5.35.